The highest BCUT2D eigenvalue weighted by Gasteiger charge is 2.54. The van der Waals surface area contributed by atoms with Crippen LogP contribution in [0.5, 0.6) is 0 Å². The van der Waals surface area contributed by atoms with Crippen LogP contribution in [0.3, 0.4) is 0 Å². The summed E-state index contributed by atoms with van der Waals surface area (Å²) in [6.07, 6.45) is 0.0157. The van der Waals surface area contributed by atoms with Crippen molar-refractivity contribution >= 4 is 52.5 Å². The molecule has 34 heavy (non-hydrogen) atoms. The van der Waals surface area contributed by atoms with E-state index in [2.05, 4.69) is 0 Å². The van der Waals surface area contributed by atoms with E-state index in [1.807, 2.05) is 91.9 Å². The molecule has 4 rings (SSSR count). The van der Waals surface area contributed by atoms with Crippen molar-refractivity contribution in [1.82, 2.24) is 0 Å². The van der Waals surface area contributed by atoms with Gasteiger partial charge in [0.1, 0.15) is 0 Å². The van der Waals surface area contributed by atoms with E-state index in [4.69, 9.17) is 44.5 Å². The number of halogens is 3. The van der Waals surface area contributed by atoms with Crippen molar-refractivity contribution in [3.8, 4) is 0 Å². The largest absolute Gasteiger partial charge is 0.405 e. The number of ketones is 1. The normalized spacial score (nSPS) is 18.8. The molecule has 0 fully saturated rings. The maximum Gasteiger partial charge on any atom is 0.341 e. The molecule has 0 unspecified atom stereocenters. The zero-order valence-electron chi connectivity index (χ0n) is 18.4. The molecular formula is C27H22Cl3NO3. The van der Waals surface area contributed by atoms with E-state index < -0.39 is 27.0 Å². The van der Waals surface area contributed by atoms with Crippen LogP contribution in [0.15, 0.2) is 89.9 Å². The van der Waals surface area contributed by atoms with E-state index in [0.717, 1.165) is 16.7 Å². The zero-order valence-corrected chi connectivity index (χ0v) is 20.6. The molecule has 0 N–H and O–H groups in total. The minimum Gasteiger partial charge on any atom is -0.405 e. The summed E-state index contributed by atoms with van der Waals surface area (Å²) in [6, 6.07) is 26.2. The van der Waals surface area contributed by atoms with Gasteiger partial charge in [0.25, 0.3) is 0 Å². The highest BCUT2D eigenvalue weighted by Crippen LogP contribution is 2.44. The Kier molecular flexibility index (Phi) is 7.13. The second-order valence-electron chi connectivity index (χ2n) is 8.35. The third-order valence-corrected chi connectivity index (χ3v) is 6.58. The number of ether oxygens (including phenoxy) is 1. The van der Waals surface area contributed by atoms with Crippen LogP contribution in [0.1, 0.15) is 34.6 Å². The van der Waals surface area contributed by atoms with Crippen LogP contribution in [-0.4, -0.2) is 27.0 Å². The number of carbonyl (C=O) groups excluding carboxylic acids is 2. The Morgan fingerprint density at radius 3 is 2.12 bits per heavy atom. The number of aliphatic imine (C=N–C) groups is 1. The number of alkyl halides is 3. The number of esters is 1. The first kappa shape index (κ1) is 24.5. The summed E-state index contributed by atoms with van der Waals surface area (Å²) in [4.78, 5) is 31.4. The molecule has 0 spiro atoms. The number of aryl methyl sites for hydroxylation is 1. The number of cyclic esters (lactones) is 1. The topological polar surface area (TPSA) is 55.7 Å². The second kappa shape index (κ2) is 9.91. The number of hydrogen-bond donors (Lipinski definition) is 0. The summed E-state index contributed by atoms with van der Waals surface area (Å²) in [5.41, 5.74) is 1.92. The number of nitrogens with zero attached hydrogens (tertiary/aromatic N) is 1. The van der Waals surface area contributed by atoms with Crippen LogP contribution < -0.4 is 0 Å². The standard InChI is InChI=1S/C27H22Cl3NO3/c1-18-12-14-21(15-13-18)24-31-26(25(33)34-24,17-19-8-4-2-5-9-19)22(16-23(32)27(28,29)30)20-10-6-3-7-11-20/h2-15,22H,16-17H2,1H3/t22-,26+/m1/s1. The number of Topliss-reactive ketones (excluding diaryl/α,β-unsaturated/α-hetero) is 1. The van der Waals surface area contributed by atoms with Gasteiger partial charge >= 0.3 is 5.97 Å². The van der Waals surface area contributed by atoms with Gasteiger partial charge in [-0.25, -0.2) is 9.79 Å². The van der Waals surface area contributed by atoms with Crippen molar-refractivity contribution < 1.29 is 14.3 Å². The predicted octanol–water partition coefficient (Wildman–Crippen LogP) is 6.39. The lowest BCUT2D eigenvalue weighted by Crippen LogP contribution is -2.44. The van der Waals surface area contributed by atoms with Crippen LogP contribution in [-0.2, 0) is 20.7 Å². The third-order valence-electron chi connectivity index (χ3n) is 5.94. The maximum absolute atomic E-state index is 13.7. The number of carbonyl (C=O) groups is 2. The van der Waals surface area contributed by atoms with Gasteiger partial charge < -0.3 is 4.74 Å². The molecule has 0 saturated carbocycles. The molecule has 0 aromatic heterocycles. The summed E-state index contributed by atoms with van der Waals surface area (Å²) < 4.78 is 3.63. The van der Waals surface area contributed by atoms with E-state index in [-0.39, 0.29) is 18.7 Å². The molecule has 1 aliphatic heterocycles. The Hall–Kier alpha value is -2.66. The van der Waals surface area contributed by atoms with Gasteiger partial charge in [0.15, 0.2) is 11.3 Å². The van der Waals surface area contributed by atoms with Crippen molar-refractivity contribution in [1.29, 1.82) is 0 Å². The van der Waals surface area contributed by atoms with Crippen LogP contribution in [0.4, 0.5) is 0 Å². The summed E-state index contributed by atoms with van der Waals surface area (Å²) in [6.45, 7) is 1.97. The molecule has 0 saturated heterocycles. The number of rotatable bonds is 7. The van der Waals surface area contributed by atoms with Crippen LogP contribution in [0.2, 0.25) is 0 Å². The molecule has 0 amide bonds. The summed E-state index contributed by atoms with van der Waals surface area (Å²) in [5.74, 6) is -1.67. The van der Waals surface area contributed by atoms with E-state index in [1.54, 1.807) is 0 Å². The quantitative estimate of drug-likeness (QED) is 0.271. The van der Waals surface area contributed by atoms with Gasteiger partial charge in [-0.15, -0.1) is 0 Å². The van der Waals surface area contributed by atoms with Crippen molar-refractivity contribution in [2.75, 3.05) is 0 Å². The first-order valence-corrected chi connectivity index (χ1v) is 11.9. The smallest absolute Gasteiger partial charge is 0.341 e. The molecule has 1 heterocycles. The summed E-state index contributed by atoms with van der Waals surface area (Å²) in [5, 5.41) is 0. The highest BCUT2D eigenvalue weighted by molar-refractivity contribution is 6.76. The maximum atomic E-state index is 13.7. The molecule has 4 nitrogen and oxygen atoms in total. The van der Waals surface area contributed by atoms with E-state index in [0.29, 0.717) is 5.56 Å². The zero-order chi connectivity index (χ0) is 24.3. The lowest BCUT2D eigenvalue weighted by molar-refractivity contribution is -0.140. The molecule has 1 aliphatic rings. The van der Waals surface area contributed by atoms with Crippen molar-refractivity contribution in [2.45, 2.75) is 35.0 Å². The minimum atomic E-state index is -2.12. The SMILES string of the molecule is Cc1ccc(C2=N[C@@](Cc3ccccc3)([C@H](CC(=O)C(Cl)(Cl)Cl)c3ccccc3)C(=O)O2)cc1. The van der Waals surface area contributed by atoms with E-state index in [1.165, 1.54) is 0 Å². The molecule has 0 bridgehead atoms. The Labute approximate surface area is 213 Å². The lowest BCUT2D eigenvalue weighted by Gasteiger charge is -2.32. The Balaban J connectivity index is 1.88. The molecule has 3 aromatic rings. The fourth-order valence-corrected chi connectivity index (χ4v) is 4.39. The summed E-state index contributed by atoms with van der Waals surface area (Å²) in [7, 11) is 0. The highest BCUT2D eigenvalue weighted by atomic mass is 35.6. The molecular weight excluding hydrogens is 493 g/mol. The van der Waals surface area contributed by atoms with Gasteiger partial charge in [0.05, 0.1) is 0 Å². The van der Waals surface area contributed by atoms with Gasteiger partial charge in [-0.1, -0.05) is 113 Å². The van der Waals surface area contributed by atoms with Gasteiger partial charge in [0, 0.05) is 24.3 Å². The Bertz CT molecular complexity index is 1210. The number of benzene rings is 3. The van der Waals surface area contributed by atoms with Gasteiger partial charge in [-0.05, 0) is 30.2 Å². The predicted molar refractivity (Wildman–Crippen MR) is 136 cm³/mol. The van der Waals surface area contributed by atoms with Crippen molar-refractivity contribution in [2.24, 2.45) is 4.99 Å². The van der Waals surface area contributed by atoms with Crippen LogP contribution in [0, 0.1) is 6.92 Å². The monoisotopic (exact) mass is 513 g/mol. The third kappa shape index (κ3) is 5.20. The van der Waals surface area contributed by atoms with Gasteiger partial charge in [-0.3, -0.25) is 4.79 Å². The van der Waals surface area contributed by atoms with Crippen LogP contribution in [0.25, 0.3) is 0 Å². The first-order valence-electron chi connectivity index (χ1n) is 10.8. The molecule has 3 aromatic carbocycles. The fourth-order valence-electron chi connectivity index (χ4n) is 4.16. The average molecular weight is 515 g/mol. The molecule has 7 heteroatoms. The molecule has 174 valence electrons. The average Bonchev–Trinajstić information content (AvgIpc) is 3.14. The Morgan fingerprint density at radius 2 is 1.53 bits per heavy atom. The second-order valence-corrected chi connectivity index (χ2v) is 10.6. The molecule has 0 radical (unpaired) electrons. The molecule has 2 atom stereocenters. The Morgan fingerprint density at radius 1 is 0.941 bits per heavy atom. The van der Waals surface area contributed by atoms with E-state index in [9.17, 15) is 9.59 Å². The first-order chi connectivity index (χ1) is 16.2. The number of hydrogen-bond acceptors (Lipinski definition) is 4. The van der Waals surface area contributed by atoms with Crippen LogP contribution >= 0.6 is 34.8 Å². The van der Waals surface area contributed by atoms with Gasteiger partial charge in [0.2, 0.25) is 9.69 Å². The minimum absolute atomic E-state index is 0.201. The summed E-state index contributed by atoms with van der Waals surface area (Å²) >= 11 is 17.8. The lowest BCUT2D eigenvalue weighted by atomic mass is 9.73. The fraction of sp³-hybridized carbons (Fsp3) is 0.222. The van der Waals surface area contributed by atoms with Crippen molar-refractivity contribution in [3.05, 3.63) is 107 Å². The van der Waals surface area contributed by atoms with E-state index >= 15 is 0 Å². The van der Waals surface area contributed by atoms with Crippen molar-refractivity contribution in [3.63, 3.8) is 0 Å². The molecule has 0 aliphatic carbocycles. The van der Waals surface area contributed by atoms with Gasteiger partial charge in [-0.2, -0.15) is 0 Å².